The molecule has 0 aromatic heterocycles. The Kier molecular flexibility index (Phi) is 4.45. The van der Waals surface area contributed by atoms with Crippen LogP contribution in [0.5, 0.6) is 0 Å². The van der Waals surface area contributed by atoms with Crippen molar-refractivity contribution < 1.29 is 9.72 Å². The number of carbonyl (C=O) groups is 1. The molecule has 92 valence electrons. The third-order valence-corrected chi connectivity index (χ3v) is 2.56. The molecule has 17 heavy (non-hydrogen) atoms. The van der Waals surface area contributed by atoms with E-state index in [2.05, 4.69) is 21.2 Å². The van der Waals surface area contributed by atoms with Crippen molar-refractivity contribution >= 4 is 33.2 Å². The molecule has 3 N–H and O–H groups in total. The summed E-state index contributed by atoms with van der Waals surface area (Å²) in [5.74, 6) is -0.454. The van der Waals surface area contributed by atoms with Crippen LogP contribution in [0.3, 0.4) is 0 Å². The number of nitrogens with one attached hydrogen (secondary N) is 1. The number of nitrogens with zero attached hydrogens (tertiary/aromatic N) is 1. The second-order valence-corrected chi connectivity index (χ2v) is 4.55. The number of nitro groups is 1. The van der Waals surface area contributed by atoms with E-state index in [1.54, 1.807) is 19.1 Å². The van der Waals surface area contributed by atoms with Gasteiger partial charge >= 0.3 is 0 Å². The van der Waals surface area contributed by atoms with Crippen LogP contribution in [0.1, 0.15) is 13.3 Å². The molecule has 0 radical (unpaired) electrons. The second kappa shape index (κ2) is 5.62. The SMILES string of the molecule is CC(CC(N)=O)Nc1ccc(Br)cc1[N+](=O)[O-]. The quantitative estimate of drug-likeness (QED) is 0.642. The van der Waals surface area contributed by atoms with Crippen molar-refractivity contribution in [1.29, 1.82) is 0 Å². The van der Waals surface area contributed by atoms with E-state index >= 15 is 0 Å². The Bertz CT molecular complexity index is 450. The number of amides is 1. The van der Waals surface area contributed by atoms with Crippen LogP contribution in [0.25, 0.3) is 0 Å². The molecular formula is C10H12BrN3O3. The number of nitrogens with two attached hydrogens (primary N) is 1. The van der Waals surface area contributed by atoms with Crippen molar-refractivity contribution in [2.24, 2.45) is 5.73 Å². The van der Waals surface area contributed by atoms with Crippen molar-refractivity contribution in [1.82, 2.24) is 0 Å². The molecule has 0 aliphatic heterocycles. The van der Waals surface area contributed by atoms with Crippen molar-refractivity contribution in [3.8, 4) is 0 Å². The molecule has 7 heteroatoms. The lowest BCUT2D eigenvalue weighted by atomic mass is 10.2. The lowest BCUT2D eigenvalue weighted by Gasteiger charge is -2.13. The molecule has 0 bridgehead atoms. The number of anilines is 1. The molecule has 0 aliphatic carbocycles. The number of halogens is 1. The van der Waals surface area contributed by atoms with Crippen LogP contribution < -0.4 is 11.1 Å². The van der Waals surface area contributed by atoms with Gasteiger partial charge < -0.3 is 11.1 Å². The fourth-order valence-corrected chi connectivity index (χ4v) is 1.75. The lowest BCUT2D eigenvalue weighted by molar-refractivity contribution is -0.384. The largest absolute Gasteiger partial charge is 0.377 e. The van der Waals surface area contributed by atoms with Crippen LogP contribution >= 0.6 is 15.9 Å². The Morgan fingerprint density at radius 1 is 1.65 bits per heavy atom. The van der Waals surface area contributed by atoms with E-state index in [0.29, 0.717) is 10.2 Å². The average Bonchev–Trinajstić information content (AvgIpc) is 2.19. The number of hydrogen-bond acceptors (Lipinski definition) is 4. The van der Waals surface area contributed by atoms with Crippen LogP contribution in [0.4, 0.5) is 11.4 Å². The molecule has 0 heterocycles. The Hall–Kier alpha value is -1.63. The van der Waals surface area contributed by atoms with Gasteiger partial charge in [-0.3, -0.25) is 14.9 Å². The number of primary amides is 1. The first-order valence-corrected chi connectivity index (χ1v) is 5.68. The summed E-state index contributed by atoms with van der Waals surface area (Å²) in [6.07, 6.45) is 0.118. The van der Waals surface area contributed by atoms with E-state index < -0.39 is 10.8 Å². The van der Waals surface area contributed by atoms with E-state index in [1.807, 2.05) is 0 Å². The molecule has 0 saturated heterocycles. The highest BCUT2D eigenvalue weighted by Gasteiger charge is 2.16. The van der Waals surface area contributed by atoms with E-state index in [4.69, 9.17) is 5.73 Å². The smallest absolute Gasteiger partial charge is 0.293 e. The fraction of sp³-hybridized carbons (Fsp3) is 0.300. The standard InChI is InChI=1S/C10H12BrN3O3/c1-6(4-10(12)15)13-8-3-2-7(11)5-9(8)14(16)17/h2-3,5-6,13H,4H2,1H3,(H2,12,15). The maximum Gasteiger partial charge on any atom is 0.293 e. The molecule has 0 fully saturated rings. The first kappa shape index (κ1) is 13.4. The second-order valence-electron chi connectivity index (χ2n) is 3.63. The maximum absolute atomic E-state index is 10.8. The molecule has 0 spiro atoms. The van der Waals surface area contributed by atoms with Gasteiger partial charge in [-0.25, -0.2) is 0 Å². The van der Waals surface area contributed by atoms with E-state index in [1.165, 1.54) is 6.07 Å². The van der Waals surface area contributed by atoms with Crippen LogP contribution in [0.15, 0.2) is 22.7 Å². The van der Waals surface area contributed by atoms with Gasteiger partial charge in [0.25, 0.3) is 5.69 Å². The molecule has 0 saturated carbocycles. The minimum absolute atomic E-state index is 0.0457. The summed E-state index contributed by atoms with van der Waals surface area (Å²) in [4.78, 5) is 21.1. The highest BCUT2D eigenvalue weighted by molar-refractivity contribution is 9.10. The zero-order valence-electron chi connectivity index (χ0n) is 9.14. The van der Waals surface area contributed by atoms with Gasteiger partial charge in [0.05, 0.1) is 4.92 Å². The van der Waals surface area contributed by atoms with Gasteiger partial charge in [0, 0.05) is 23.0 Å². The van der Waals surface area contributed by atoms with Crippen LogP contribution in [-0.2, 0) is 4.79 Å². The van der Waals surface area contributed by atoms with Gasteiger partial charge in [0.2, 0.25) is 5.91 Å². The normalized spacial score (nSPS) is 11.9. The molecular weight excluding hydrogens is 290 g/mol. The first-order valence-electron chi connectivity index (χ1n) is 4.89. The topological polar surface area (TPSA) is 98.3 Å². The Morgan fingerprint density at radius 2 is 2.29 bits per heavy atom. The van der Waals surface area contributed by atoms with Crippen molar-refractivity contribution in [2.75, 3.05) is 5.32 Å². The predicted molar refractivity (Wildman–Crippen MR) is 67.7 cm³/mol. The molecule has 1 aromatic carbocycles. The summed E-state index contributed by atoms with van der Waals surface area (Å²) in [7, 11) is 0. The highest BCUT2D eigenvalue weighted by Crippen LogP contribution is 2.28. The van der Waals surface area contributed by atoms with Crippen molar-refractivity contribution in [3.05, 3.63) is 32.8 Å². The monoisotopic (exact) mass is 301 g/mol. The molecule has 1 atom stereocenters. The van der Waals surface area contributed by atoms with Crippen LogP contribution in [0, 0.1) is 10.1 Å². The van der Waals surface area contributed by atoms with Crippen LogP contribution in [-0.4, -0.2) is 16.9 Å². The summed E-state index contributed by atoms with van der Waals surface area (Å²) < 4.78 is 0.623. The van der Waals surface area contributed by atoms with E-state index in [0.717, 1.165) is 0 Å². The Morgan fingerprint density at radius 3 is 2.82 bits per heavy atom. The molecule has 0 aliphatic rings. The summed E-state index contributed by atoms with van der Waals surface area (Å²) in [6.45, 7) is 1.73. The summed E-state index contributed by atoms with van der Waals surface area (Å²) >= 11 is 3.16. The Labute approximate surface area is 106 Å². The van der Waals surface area contributed by atoms with E-state index in [9.17, 15) is 14.9 Å². The average molecular weight is 302 g/mol. The zero-order chi connectivity index (χ0) is 13.0. The number of hydrogen-bond donors (Lipinski definition) is 2. The predicted octanol–water partition coefficient (Wildman–Crippen LogP) is 2.03. The van der Waals surface area contributed by atoms with Gasteiger partial charge in [-0.15, -0.1) is 0 Å². The van der Waals surface area contributed by atoms with Gasteiger partial charge in [0.1, 0.15) is 5.69 Å². The minimum Gasteiger partial charge on any atom is -0.377 e. The molecule has 6 nitrogen and oxygen atoms in total. The van der Waals surface area contributed by atoms with Gasteiger partial charge in [-0.05, 0) is 19.1 Å². The fourth-order valence-electron chi connectivity index (χ4n) is 1.40. The number of rotatable bonds is 5. The molecule has 1 unspecified atom stereocenters. The molecule has 1 aromatic rings. The number of benzene rings is 1. The third-order valence-electron chi connectivity index (χ3n) is 2.07. The Balaban J connectivity index is 2.90. The third kappa shape index (κ3) is 4.03. The maximum atomic E-state index is 10.8. The number of nitro benzene ring substituents is 1. The van der Waals surface area contributed by atoms with Gasteiger partial charge in [-0.1, -0.05) is 15.9 Å². The zero-order valence-corrected chi connectivity index (χ0v) is 10.7. The highest BCUT2D eigenvalue weighted by atomic mass is 79.9. The lowest BCUT2D eigenvalue weighted by Crippen LogP contribution is -2.24. The minimum atomic E-state index is -0.482. The van der Waals surface area contributed by atoms with Crippen LogP contribution in [0.2, 0.25) is 0 Å². The number of carbonyl (C=O) groups excluding carboxylic acids is 1. The van der Waals surface area contributed by atoms with Gasteiger partial charge in [-0.2, -0.15) is 0 Å². The summed E-state index contributed by atoms with van der Waals surface area (Å²) in [5, 5.41) is 13.7. The first-order chi connectivity index (χ1) is 7.90. The molecule has 1 rings (SSSR count). The molecule has 1 amide bonds. The summed E-state index contributed by atoms with van der Waals surface area (Å²) in [5.41, 5.74) is 5.37. The van der Waals surface area contributed by atoms with Gasteiger partial charge in [0.15, 0.2) is 0 Å². The van der Waals surface area contributed by atoms with E-state index in [-0.39, 0.29) is 18.2 Å². The summed E-state index contributed by atoms with van der Waals surface area (Å²) in [6, 6.07) is 4.41. The van der Waals surface area contributed by atoms with Crippen molar-refractivity contribution in [2.45, 2.75) is 19.4 Å². The van der Waals surface area contributed by atoms with Crippen molar-refractivity contribution in [3.63, 3.8) is 0 Å².